The second-order valence-electron chi connectivity index (χ2n) is 4.42. The Morgan fingerprint density at radius 2 is 1.78 bits per heavy atom. The molecule has 0 saturated carbocycles. The van der Waals surface area contributed by atoms with Crippen molar-refractivity contribution in [3.8, 4) is 0 Å². The third kappa shape index (κ3) is 8.37. The summed E-state index contributed by atoms with van der Waals surface area (Å²) in [5, 5.41) is 21.8. The van der Waals surface area contributed by atoms with E-state index in [-0.39, 0.29) is 0 Å². The molecule has 0 rings (SSSR count). The van der Waals surface area contributed by atoms with Gasteiger partial charge in [-0.05, 0) is 18.8 Å². The molecule has 0 radical (unpaired) electrons. The van der Waals surface area contributed by atoms with Crippen LogP contribution in [-0.4, -0.2) is 40.8 Å². The molecule has 0 unspecified atom stereocenters. The Hall–Kier alpha value is -1.79. The third-order valence-corrected chi connectivity index (χ3v) is 2.23. The summed E-state index contributed by atoms with van der Waals surface area (Å²) >= 11 is 0. The Morgan fingerprint density at radius 3 is 2.22 bits per heavy atom. The minimum absolute atomic E-state index is 0.434. The van der Waals surface area contributed by atoms with Crippen LogP contribution in [0.3, 0.4) is 0 Å². The largest absolute Gasteiger partial charge is 0.481 e. The summed E-state index contributed by atoms with van der Waals surface area (Å²) in [6.07, 6.45) is 1.11. The summed E-state index contributed by atoms with van der Waals surface area (Å²) < 4.78 is 0. The van der Waals surface area contributed by atoms with Crippen LogP contribution in [0.2, 0.25) is 0 Å². The summed E-state index contributed by atoms with van der Waals surface area (Å²) in [5.74, 6) is -2.11. The number of nitrogens with one attached hydrogen (secondary N) is 2. The first kappa shape index (κ1) is 16.2. The first-order chi connectivity index (χ1) is 8.32. The van der Waals surface area contributed by atoms with E-state index in [4.69, 9.17) is 10.2 Å². The Balaban J connectivity index is 3.95. The zero-order chi connectivity index (χ0) is 14.1. The van der Waals surface area contributed by atoms with Crippen LogP contribution in [0, 0.1) is 5.92 Å². The maximum Gasteiger partial charge on any atom is 0.326 e. The molecule has 0 fully saturated rings. The fraction of sp³-hybridized carbons (Fsp3) is 0.727. The average molecular weight is 260 g/mol. The van der Waals surface area contributed by atoms with Crippen molar-refractivity contribution in [3.05, 3.63) is 0 Å². The van der Waals surface area contributed by atoms with Gasteiger partial charge in [-0.25, -0.2) is 9.59 Å². The normalized spacial score (nSPS) is 11.9. The van der Waals surface area contributed by atoms with Gasteiger partial charge >= 0.3 is 18.0 Å². The molecule has 7 nitrogen and oxygen atoms in total. The van der Waals surface area contributed by atoms with E-state index in [1.165, 1.54) is 0 Å². The van der Waals surface area contributed by atoms with Crippen LogP contribution in [0.4, 0.5) is 4.79 Å². The summed E-state index contributed by atoms with van der Waals surface area (Å²) in [6, 6.07) is -2.07. The van der Waals surface area contributed by atoms with Crippen LogP contribution in [0.15, 0.2) is 0 Å². The molecule has 0 aromatic heterocycles. The van der Waals surface area contributed by atoms with Crippen molar-refractivity contribution in [2.45, 2.75) is 39.2 Å². The molecular formula is C11H20N2O5. The number of rotatable bonds is 8. The molecule has 18 heavy (non-hydrogen) atoms. The van der Waals surface area contributed by atoms with E-state index in [9.17, 15) is 14.4 Å². The molecule has 1 atom stereocenters. The zero-order valence-electron chi connectivity index (χ0n) is 10.6. The monoisotopic (exact) mass is 260 g/mol. The van der Waals surface area contributed by atoms with E-state index >= 15 is 0 Å². The maximum atomic E-state index is 11.3. The van der Waals surface area contributed by atoms with E-state index < -0.39 is 30.4 Å². The Morgan fingerprint density at radius 1 is 1.17 bits per heavy atom. The van der Waals surface area contributed by atoms with E-state index in [0.29, 0.717) is 12.5 Å². The molecule has 104 valence electrons. The fourth-order valence-corrected chi connectivity index (χ4v) is 1.30. The van der Waals surface area contributed by atoms with Crippen LogP contribution in [0.5, 0.6) is 0 Å². The topological polar surface area (TPSA) is 116 Å². The van der Waals surface area contributed by atoms with Gasteiger partial charge in [0.05, 0.1) is 6.42 Å². The van der Waals surface area contributed by atoms with Gasteiger partial charge in [-0.3, -0.25) is 4.79 Å². The van der Waals surface area contributed by atoms with Gasteiger partial charge in [0.15, 0.2) is 0 Å². The first-order valence-corrected chi connectivity index (χ1v) is 5.82. The number of hydrogen-bond acceptors (Lipinski definition) is 3. The van der Waals surface area contributed by atoms with Gasteiger partial charge < -0.3 is 20.8 Å². The van der Waals surface area contributed by atoms with E-state index in [0.717, 1.165) is 12.8 Å². The lowest BCUT2D eigenvalue weighted by Gasteiger charge is -2.13. The predicted octanol–water partition coefficient (Wildman–Crippen LogP) is 0.650. The van der Waals surface area contributed by atoms with Crippen molar-refractivity contribution in [3.63, 3.8) is 0 Å². The van der Waals surface area contributed by atoms with Crippen molar-refractivity contribution in [1.82, 2.24) is 10.6 Å². The predicted molar refractivity (Wildman–Crippen MR) is 64.3 cm³/mol. The van der Waals surface area contributed by atoms with Crippen molar-refractivity contribution in [2.24, 2.45) is 5.92 Å². The first-order valence-electron chi connectivity index (χ1n) is 5.82. The molecule has 2 amide bonds. The molecule has 7 heteroatoms. The standard InChI is InChI=1S/C11H20N2O5/c1-7(2)4-3-5-12-11(18)13-8(10(16)17)6-9(14)15/h7-8H,3-6H2,1-2H3,(H,14,15)(H,16,17)(H2,12,13,18)/t8-/m0/s1. The van der Waals surface area contributed by atoms with Crippen molar-refractivity contribution in [1.29, 1.82) is 0 Å². The van der Waals surface area contributed by atoms with Gasteiger partial charge in [-0.15, -0.1) is 0 Å². The van der Waals surface area contributed by atoms with Crippen LogP contribution >= 0.6 is 0 Å². The number of carbonyl (C=O) groups excluding carboxylic acids is 1. The molecule has 0 bridgehead atoms. The summed E-state index contributed by atoms with van der Waals surface area (Å²) in [4.78, 5) is 32.4. The molecule has 0 heterocycles. The zero-order valence-corrected chi connectivity index (χ0v) is 10.6. The fourth-order valence-electron chi connectivity index (χ4n) is 1.30. The van der Waals surface area contributed by atoms with Crippen molar-refractivity contribution < 1.29 is 24.6 Å². The number of carboxylic acids is 2. The second-order valence-corrected chi connectivity index (χ2v) is 4.42. The third-order valence-electron chi connectivity index (χ3n) is 2.23. The van der Waals surface area contributed by atoms with Crippen LogP contribution in [0.1, 0.15) is 33.1 Å². The maximum absolute atomic E-state index is 11.3. The van der Waals surface area contributed by atoms with Crippen LogP contribution in [0.25, 0.3) is 0 Å². The highest BCUT2D eigenvalue weighted by Gasteiger charge is 2.22. The van der Waals surface area contributed by atoms with Gasteiger partial charge in [0.25, 0.3) is 0 Å². The minimum atomic E-state index is -1.41. The van der Waals surface area contributed by atoms with E-state index in [2.05, 4.69) is 24.5 Å². The minimum Gasteiger partial charge on any atom is -0.481 e. The molecule has 0 aromatic rings. The molecular weight excluding hydrogens is 240 g/mol. The number of carboxylic acid groups (broad SMARTS) is 2. The quantitative estimate of drug-likeness (QED) is 0.478. The molecule has 0 saturated heterocycles. The highest BCUT2D eigenvalue weighted by atomic mass is 16.4. The number of hydrogen-bond donors (Lipinski definition) is 4. The van der Waals surface area contributed by atoms with Crippen LogP contribution < -0.4 is 10.6 Å². The Bertz CT molecular complexity index is 304. The smallest absolute Gasteiger partial charge is 0.326 e. The van der Waals surface area contributed by atoms with Gasteiger partial charge in [0, 0.05) is 6.54 Å². The highest BCUT2D eigenvalue weighted by molar-refractivity contribution is 5.86. The number of urea groups is 1. The molecule has 4 N–H and O–H groups in total. The highest BCUT2D eigenvalue weighted by Crippen LogP contribution is 2.01. The molecule has 0 aromatic carbocycles. The second kappa shape index (κ2) is 8.32. The number of aliphatic carboxylic acids is 2. The SMILES string of the molecule is CC(C)CCCNC(=O)N[C@@H](CC(=O)O)C(=O)O. The van der Waals surface area contributed by atoms with Gasteiger partial charge in [-0.2, -0.15) is 0 Å². The number of amides is 2. The summed E-state index contributed by atoms with van der Waals surface area (Å²) in [6.45, 7) is 4.56. The lowest BCUT2D eigenvalue weighted by atomic mass is 10.1. The van der Waals surface area contributed by atoms with Crippen LogP contribution in [-0.2, 0) is 9.59 Å². The van der Waals surface area contributed by atoms with Crippen molar-refractivity contribution >= 4 is 18.0 Å². The van der Waals surface area contributed by atoms with Crippen molar-refractivity contribution in [2.75, 3.05) is 6.54 Å². The van der Waals surface area contributed by atoms with Gasteiger partial charge in [-0.1, -0.05) is 13.8 Å². The van der Waals surface area contributed by atoms with E-state index in [1.807, 2.05) is 0 Å². The van der Waals surface area contributed by atoms with E-state index in [1.54, 1.807) is 0 Å². The average Bonchev–Trinajstić information content (AvgIpc) is 2.22. The van der Waals surface area contributed by atoms with Gasteiger partial charge in [0.2, 0.25) is 0 Å². The molecule has 0 spiro atoms. The summed E-state index contributed by atoms with van der Waals surface area (Å²) in [7, 11) is 0. The number of carbonyl (C=O) groups is 3. The Labute approximate surface area is 106 Å². The lowest BCUT2D eigenvalue weighted by Crippen LogP contribution is -2.47. The lowest BCUT2D eigenvalue weighted by molar-refractivity contribution is -0.145. The van der Waals surface area contributed by atoms with Gasteiger partial charge in [0.1, 0.15) is 6.04 Å². The summed E-state index contributed by atoms with van der Waals surface area (Å²) in [5.41, 5.74) is 0. The molecule has 0 aliphatic carbocycles. The molecule has 0 aliphatic heterocycles. The molecule has 0 aliphatic rings. The Kier molecular flexibility index (Phi) is 7.50.